The Kier molecular flexibility index (Phi) is 4.27. The zero-order chi connectivity index (χ0) is 16.4. The molecule has 1 aliphatic rings. The summed E-state index contributed by atoms with van der Waals surface area (Å²) in [6, 6.07) is 8.72. The first kappa shape index (κ1) is 15.3. The van der Waals surface area contributed by atoms with E-state index in [1.165, 1.54) is 10.5 Å². The Hall–Kier alpha value is -2.25. The van der Waals surface area contributed by atoms with Crippen molar-refractivity contribution in [3.8, 4) is 11.5 Å². The summed E-state index contributed by atoms with van der Waals surface area (Å²) < 4.78 is 5.39. The van der Waals surface area contributed by atoms with Crippen molar-refractivity contribution >= 4 is 11.8 Å². The van der Waals surface area contributed by atoms with Gasteiger partial charge in [-0.1, -0.05) is 17.3 Å². The van der Waals surface area contributed by atoms with E-state index in [1.807, 2.05) is 0 Å². The average Bonchev–Trinajstić information content (AvgIpc) is 3.08. The number of thioether (sulfide) groups is 1. The molecule has 0 atom stereocenters. The highest BCUT2D eigenvalue weighted by atomic mass is 32.2. The molecular weight excluding hydrogens is 322 g/mol. The number of aromatic nitrogens is 4. The van der Waals surface area contributed by atoms with Crippen LogP contribution in [0.5, 0.6) is 0 Å². The number of rotatable bonds is 5. The van der Waals surface area contributed by atoms with Crippen molar-refractivity contribution in [1.82, 2.24) is 25.0 Å². The fourth-order valence-corrected chi connectivity index (χ4v) is 3.17. The summed E-state index contributed by atoms with van der Waals surface area (Å²) in [5.74, 6) is 1.49. The van der Waals surface area contributed by atoms with E-state index in [0.717, 1.165) is 19.6 Å². The summed E-state index contributed by atoms with van der Waals surface area (Å²) >= 11 is 1.76. The predicted molar refractivity (Wildman–Crippen MR) is 91.6 cm³/mol. The lowest BCUT2D eigenvalue weighted by Crippen LogP contribution is -2.44. The van der Waals surface area contributed by atoms with Gasteiger partial charge in [-0.25, -0.2) is 4.98 Å². The summed E-state index contributed by atoms with van der Waals surface area (Å²) in [6.07, 6.45) is 6.98. The van der Waals surface area contributed by atoms with Crippen molar-refractivity contribution in [3.63, 3.8) is 0 Å². The molecule has 0 saturated carbocycles. The maximum atomic E-state index is 5.39. The van der Waals surface area contributed by atoms with Crippen LogP contribution in [0.1, 0.15) is 17.4 Å². The summed E-state index contributed by atoms with van der Waals surface area (Å²) in [6.45, 7) is 2.83. The molecule has 1 aromatic carbocycles. The second kappa shape index (κ2) is 6.70. The molecule has 3 heterocycles. The molecule has 0 aliphatic carbocycles. The highest BCUT2D eigenvalue weighted by Crippen LogP contribution is 2.28. The zero-order valence-electron chi connectivity index (χ0n) is 13.3. The first-order valence-corrected chi connectivity index (χ1v) is 8.99. The largest absolute Gasteiger partial charge is 0.339 e. The van der Waals surface area contributed by atoms with Crippen LogP contribution in [0.3, 0.4) is 0 Å². The van der Waals surface area contributed by atoms with E-state index in [2.05, 4.69) is 55.5 Å². The summed E-state index contributed by atoms with van der Waals surface area (Å²) in [5.41, 5.74) is 1.97. The summed E-state index contributed by atoms with van der Waals surface area (Å²) in [5, 5.41) is 4.01. The Morgan fingerprint density at radius 3 is 2.75 bits per heavy atom. The van der Waals surface area contributed by atoms with Gasteiger partial charge in [0.2, 0.25) is 11.7 Å². The fraction of sp³-hybridized carbons (Fsp3) is 0.294. The third kappa shape index (κ3) is 3.18. The van der Waals surface area contributed by atoms with E-state index in [1.54, 1.807) is 30.4 Å². The molecule has 0 radical (unpaired) electrons. The lowest BCUT2D eigenvalue weighted by molar-refractivity contribution is 0.117. The molecule has 0 unspecified atom stereocenters. The number of hydrogen-bond acceptors (Lipinski definition) is 7. The molecule has 0 spiro atoms. The van der Waals surface area contributed by atoms with Crippen LogP contribution in [-0.4, -0.2) is 44.4 Å². The van der Waals surface area contributed by atoms with Crippen molar-refractivity contribution in [2.75, 3.05) is 19.3 Å². The predicted octanol–water partition coefficient (Wildman–Crippen LogP) is 2.85. The van der Waals surface area contributed by atoms with E-state index < -0.39 is 0 Å². The quantitative estimate of drug-likeness (QED) is 0.662. The third-order valence-electron chi connectivity index (χ3n) is 4.11. The number of hydrogen-bond donors (Lipinski definition) is 0. The fourth-order valence-electron chi connectivity index (χ4n) is 2.76. The minimum Gasteiger partial charge on any atom is -0.339 e. The van der Waals surface area contributed by atoms with Gasteiger partial charge in [0.15, 0.2) is 0 Å². The highest BCUT2D eigenvalue weighted by molar-refractivity contribution is 7.98. The van der Waals surface area contributed by atoms with Crippen molar-refractivity contribution < 1.29 is 4.52 Å². The van der Waals surface area contributed by atoms with E-state index in [-0.39, 0.29) is 0 Å². The van der Waals surface area contributed by atoms with Gasteiger partial charge in [-0.15, -0.1) is 11.8 Å². The Balaban J connectivity index is 1.35. The number of likely N-dealkylation sites (tertiary alicyclic amines) is 1. The van der Waals surface area contributed by atoms with Crippen LogP contribution in [-0.2, 0) is 6.54 Å². The van der Waals surface area contributed by atoms with Gasteiger partial charge in [0.05, 0.1) is 12.1 Å². The summed E-state index contributed by atoms with van der Waals surface area (Å²) in [7, 11) is 0. The molecule has 1 saturated heterocycles. The van der Waals surface area contributed by atoms with Crippen LogP contribution < -0.4 is 0 Å². The minimum absolute atomic E-state index is 0.299. The normalized spacial score (nSPS) is 15.4. The molecule has 4 rings (SSSR count). The second-order valence-corrected chi connectivity index (χ2v) is 6.67. The molecule has 1 aliphatic heterocycles. The molecular formula is C17H17N5OS. The lowest BCUT2D eigenvalue weighted by Gasteiger charge is -2.37. The van der Waals surface area contributed by atoms with Crippen molar-refractivity contribution in [2.24, 2.45) is 0 Å². The summed E-state index contributed by atoms with van der Waals surface area (Å²) in [4.78, 5) is 16.3. The van der Waals surface area contributed by atoms with E-state index in [0.29, 0.717) is 23.3 Å². The van der Waals surface area contributed by atoms with Gasteiger partial charge in [-0.3, -0.25) is 9.88 Å². The monoisotopic (exact) mass is 339 g/mol. The van der Waals surface area contributed by atoms with Crippen LogP contribution in [0.2, 0.25) is 0 Å². The van der Waals surface area contributed by atoms with E-state index >= 15 is 0 Å². The molecule has 0 amide bonds. The van der Waals surface area contributed by atoms with Gasteiger partial charge in [-0.05, 0) is 24.0 Å². The molecule has 3 aromatic rings. The SMILES string of the molecule is CSc1ccc(CN2CC(c3nc(-c4cnccn4)no3)C2)cc1. The molecule has 122 valence electrons. The molecule has 7 heteroatoms. The average molecular weight is 339 g/mol. The van der Waals surface area contributed by atoms with Gasteiger partial charge in [0.1, 0.15) is 5.69 Å². The third-order valence-corrected chi connectivity index (χ3v) is 4.85. The number of nitrogens with zero attached hydrogens (tertiary/aromatic N) is 5. The van der Waals surface area contributed by atoms with E-state index in [4.69, 9.17) is 4.52 Å². The Morgan fingerprint density at radius 2 is 2.04 bits per heavy atom. The minimum atomic E-state index is 0.299. The Labute approximate surface area is 144 Å². The van der Waals surface area contributed by atoms with Gasteiger partial charge < -0.3 is 4.52 Å². The Bertz CT molecular complexity index is 799. The lowest BCUT2D eigenvalue weighted by atomic mass is 9.99. The van der Waals surface area contributed by atoms with Crippen molar-refractivity contribution in [1.29, 1.82) is 0 Å². The van der Waals surface area contributed by atoms with Crippen LogP contribution >= 0.6 is 11.8 Å². The first-order valence-electron chi connectivity index (χ1n) is 7.77. The smallest absolute Gasteiger partial charge is 0.232 e. The van der Waals surface area contributed by atoms with Crippen molar-refractivity contribution in [2.45, 2.75) is 17.4 Å². The molecule has 0 bridgehead atoms. The topological polar surface area (TPSA) is 67.9 Å². The standard InChI is InChI=1S/C17H17N5OS/c1-24-14-4-2-12(3-5-14)9-22-10-13(11-22)17-20-16(21-23-17)15-8-18-6-7-19-15/h2-8,13H,9-11H2,1H3. The molecule has 24 heavy (non-hydrogen) atoms. The van der Waals surface area contributed by atoms with Crippen LogP contribution in [0, 0.1) is 0 Å². The molecule has 0 N–H and O–H groups in total. The second-order valence-electron chi connectivity index (χ2n) is 5.79. The Morgan fingerprint density at radius 1 is 1.21 bits per heavy atom. The van der Waals surface area contributed by atoms with Crippen LogP contribution in [0.15, 0.2) is 52.3 Å². The molecule has 1 fully saturated rings. The van der Waals surface area contributed by atoms with E-state index in [9.17, 15) is 0 Å². The molecule has 6 nitrogen and oxygen atoms in total. The van der Waals surface area contributed by atoms with Crippen LogP contribution in [0.25, 0.3) is 11.5 Å². The van der Waals surface area contributed by atoms with Gasteiger partial charge in [0, 0.05) is 36.9 Å². The maximum Gasteiger partial charge on any atom is 0.232 e. The first-order chi connectivity index (χ1) is 11.8. The number of benzene rings is 1. The molecule has 2 aromatic heterocycles. The van der Waals surface area contributed by atoms with Gasteiger partial charge >= 0.3 is 0 Å². The van der Waals surface area contributed by atoms with Gasteiger partial charge in [-0.2, -0.15) is 4.98 Å². The highest BCUT2D eigenvalue weighted by Gasteiger charge is 2.32. The zero-order valence-corrected chi connectivity index (χ0v) is 14.1. The maximum absolute atomic E-state index is 5.39. The van der Waals surface area contributed by atoms with Crippen molar-refractivity contribution in [3.05, 3.63) is 54.3 Å². The van der Waals surface area contributed by atoms with Gasteiger partial charge in [0.25, 0.3) is 0 Å². The van der Waals surface area contributed by atoms with Crippen LogP contribution in [0.4, 0.5) is 0 Å².